The van der Waals surface area contributed by atoms with E-state index in [0.717, 1.165) is 24.2 Å². The molecule has 2 nitrogen and oxygen atoms in total. The summed E-state index contributed by atoms with van der Waals surface area (Å²) < 4.78 is 0. The van der Waals surface area contributed by atoms with Crippen molar-refractivity contribution in [2.75, 3.05) is 0 Å². The minimum absolute atomic E-state index is 0.806. The SMILES string of the molecule is C=C(CC)C/C=C/c1cnc(C)nc1. The van der Waals surface area contributed by atoms with Crippen LogP contribution in [-0.2, 0) is 0 Å². The molecule has 0 bridgehead atoms. The van der Waals surface area contributed by atoms with Gasteiger partial charge in [0.1, 0.15) is 5.82 Å². The van der Waals surface area contributed by atoms with Crippen molar-refractivity contribution in [2.24, 2.45) is 0 Å². The molecular weight excluding hydrogens is 172 g/mol. The highest BCUT2D eigenvalue weighted by atomic mass is 14.8. The van der Waals surface area contributed by atoms with Crippen LogP contribution in [0.3, 0.4) is 0 Å². The Morgan fingerprint density at radius 3 is 2.64 bits per heavy atom. The van der Waals surface area contributed by atoms with Gasteiger partial charge in [-0.2, -0.15) is 0 Å². The lowest BCUT2D eigenvalue weighted by atomic mass is 10.1. The Balaban J connectivity index is 2.52. The number of rotatable bonds is 4. The van der Waals surface area contributed by atoms with Gasteiger partial charge in [0.05, 0.1) is 0 Å². The molecule has 14 heavy (non-hydrogen) atoms. The van der Waals surface area contributed by atoms with Crippen molar-refractivity contribution in [2.45, 2.75) is 26.7 Å². The van der Waals surface area contributed by atoms with Crippen LogP contribution in [-0.4, -0.2) is 9.97 Å². The molecule has 1 heterocycles. The summed E-state index contributed by atoms with van der Waals surface area (Å²) in [5.74, 6) is 0.806. The maximum absolute atomic E-state index is 4.11. The molecule has 0 N–H and O–H groups in total. The molecule has 1 aromatic heterocycles. The summed E-state index contributed by atoms with van der Waals surface area (Å²) in [5.41, 5.74) is 2.29. The molecule has 74 valence electrons. The lowest BCUT2D eigenvalue weighted by Crippen LogP contribution is -1.86. The van der Waals surface area contributed by atoms with Gasteiger partial charge in [-0.25, -0.2) is 9.97 Å². The van der Waals surface area contributed by atoms with Crippen LogP contribution in [0, 0.1) is 6.92 Å². The second-order valence-electron chi connectivity index (χ2n) is 3.27. The van der Waals surface area contributed by atoms with Gasteiger partial charge < -0.3 is 0 Å². The lowest BCUT2D eigenvalue weighted by Gasteiger charge is -1.95. The first-order chi connectivity index (χ1) is 6.72. The topological polar surface area (TPSA) is 25.8 Å². The highest BCUT2D eigenvalue weighted by Gasteiger charge is 1.89. The van der Waals surface area contributed by atoms with Gasteiger partial charge in [0.2, 0.25) is 0 Å². The fourth-order valence-electron chi connectivity index (χ4n) is 0.995. The standard InChI is InChI=1S/C12H16N2/c1-4-10(2)6-5-7-12-8-13-11(3)14-9-12/h5,7-9H,2,4,6H2,1,3H3/b7-5+. The number of aryl methyl sites for hydroxylation is 1. The fourth-order valence-corrected chi connectivity index (χ4v) is 0.995. The molecule has 0 aliphatic heterocycles. The molecule has 0 aliphatic rings. The van der Waals surface area contributed by atoms with E-state index in [1.807, 2.05) is 25.4 Å². The minimum Gasteiger partial charge on any atom is -0.241 e. The van der Waals surface area contributed by atoms with Gasteiger partial charge in [0.25, 0.3) is 0 Å². The largest absolute Gasteiger partial charge is 0.241 e. The summed E-state index contributed by atoms with van der Waals surface area (Å²) >= 11 is 0. The van der Waals surface area contributed by atoms with Crippen molar-refractivity contribution in [1.82, 2.24) is 9.97 Å². The summed E-state index contributed by atoms with van der Waals surface area (Å²) in [5, 5.41) is 0. The fraction of sp³-hybridized carbons (Fsp3) is 0.333. The van der Waals surface area contributed by atoms with Gasteiger partial charge in [-0.1, -0.05) is 31.2 Å². The monoisotopic (exact) mass is 188 g/mol. The molecule has 0 aromatic carbocycles. The molecule has 2 heteroatoms. The molecule has 0 radical (unpaired) electrons. The third kappa shape index (κ3) is 3.52. The molecule has 0 spiro atoms. The summed E-state index contributed by atoms with van der Waals surface area (Å²) in [4.78, 5) is 8.22. The zero-order valence-electron chi connectivity index (χ0n) is 8.83. The third-order valence-corrected chi connectivity index (χ3v) is 2.02. The van der Waals surface area contributed by atoms with E-state index in [0.29, 0.717) is 0 Å². The summed E-state index contributed by atoms with van der Waals surface area (Å²) in [7, 11) is 0. The van der Waals surface area contributed by atoms with Gasteiger partial charge in [0, 0.05) is 18.0 Å². The molecule has 0 saturated heterocycles. The van der Waals surface area contributed by atoms with Crippen LogP contribution in [0.25, 0.3) is 6.08 Å². The zero-order valence-corrected chi connectivity index (χ0v) is 8.83. The van der Waals surface area contributed by atoms with E-state index in [-0.39, 0.29) is 0 Å². The van der Waals surface area contributed by atoms with Crippen LogP contribution in [0.15, 0.2) is 30.6 Å². The van der Waals surface area contributed by atoms with Gasteiger partial charge in [-0.05, 0) is 19.8 Å². The van der Waals surface area contributed by atoms with Crippen molar-refractivity contribution < 1.29 is 0 Å². The lowest BCUT2D eigenvalue weighted by molar-refractivity contribution is 1.04. The second-order valence-corrected chi connectivity index (χ2v) is 3.27. The minimum atomic E-state index is 0.806. The Morgan fingerprint density at radius 2 is 2.07 bits per heavy atom. The van der Waals surface area contributed by atoms with E-state index >= 15 is 0 Å². The van der Waals surface area contributed by atoms with E-state index in [1.165, 1.54) is 5.57 Å². The van der Waals surface area contributed by atoms with Crippen molar-refractivity contribution >= 4 is 6.08 Å². The average Bonchev–Trinajstić information content (AvgIpc) is 2.21. The molecule has 0 fully saturated rings. The van der Waals surface area contributed by atoms with Crippen molar-refractivity contribution in [3.05, 3.63) is 42.0 Å². The quantitative estimate of drug-likeness (QED) is 0.678. The number of hydrogen-bond donors (Lipinski definition) is 0. The van der Waals surface area contributed by atoms with Gasteiger partial charge in [0.15, 0.2) is 0 Å². The predicted molar refractivity (Wildman–Crippen MR) is 59.9 cm³/mol. The van der Waals surface area contributed by atoms with E-state index < -0.39 is 0 Å². The smallest absolute Gasteiger partial charge is 0.125 e. The van der Waals surface area contributed by atoms with Gasteiger partial charge in [-0.3, -0.25) is 0 Å². The first-order valence-corrected chi connectivity index (χ1v) is 4.84. The van der Waals surface area contributed by atoms with Crippen molar-refractivity contribution in [1.29, 1.82) is 0 Å². The number of aromatic nitrogens is 2. The molecule has 1 rings (SSSR count). The maximum Gasteiger partial charge on any atom is 0.125 e. The van der Waals surface area contributed by atoms with Crippen LogP contribution < -0.4 is 0 Å². The number of nitrogens with zero attached hydrogens (tertiary/aromatic N) is 2. The van der Waals surface area contributed by atoms with Crippen molar-refractivity contribution in [3.8, 4) is 0 Å². The summed E-state index contributed by atoms with van der Waals surface area (Å²) in [6.45, 7) is 7.93. The van der Waals surface area contributed by atoms with Crippen LogP contribution >= 0.6 is 0 Å². The molecule has 0 aliphatic carbocycles. The third-order valence-electron chi connectivity index (χ3n) is 2.02. The van der Waals surface area contributed by atoms with E-state index in [1.54, 1.807) is 0 Å². The highest BCUT2D eigenvalue weighted by molar-refractivity contribution is 5.46. The Kier molecular flexibility index (Phi) is 4.05. The van der Waals surface area contributed by atoms with Crippen LogP contribution in [0.5, 0.6) is 0 Å². The molecule has 0 unspecified atom stereocenters. The molecular formula is C12H16N2. The van der Waals surface area contributed by atoms with E-state index in [2.05, 4.69) is 29.5 Å². The maximum atomic E-state index is 4.11. The second kappa shape index (κ2) is 5.32. The van der Waals surface area contributed by atoms with Gasteiger partial charge >= 0.3 is 0 Å². The normalized spacial score (nSPS) is 10.7. The molecule has 0 amide bonds. The Bertz CT molecular complexity index is 323. The Morgan fingerprint density at radius 1 is 1.43 bits per heavy atom. The first kappa shape index (κ1) is 10.6. The van der Waals surface area contributed by atoms with Crippen LogP contribution in [0.2, 0.25) is 0 Å². The predicted octanol–water partition coefficient (Wildman–Crippen LogP) is 3.15. The van der Waals surface area contributed by atoms with E-state index in [4.69, 9.17) is 0 Å². The Hall–Kier alpha value is -1.44. The first-order valence-electron chi connectivity index (χ1n) is 4.84. The average molecular weight is 188 g/mol. The molecule has 0 atom stereocenters. The number of hydrogen-bond acceptors (Lipinski definition) is 2. The Labute approximate surface area is 85.4 Å². The summed E-state index contributed by atoms with van der Waals surface area (Å²) in [6, 6.07) is 0. The zero-order chi connectivity index (χ0) is 10.4. The van der Waals surface area contributed by atoms with Gasteiger partial charge in [-0.15, -0.1) is 0 Å². The molecule has 1 aromatic rings. The summed E-state index contributed by atoms with van der Waals surface area (Å²) in [6.07, 6.45) is 9.75. The van der Waals surface area contributed by atoms with Crippen LogP contribution in [0.4, 0.5) is 0 Å². The number of allylic oxidation sites excluding steroid dienone is 2. The molecule has 0 saturated carbocycles. The van der Waals surface area contributed by atoms with E-state index in [9.17, 15) is 0 Å². The van der Waals surface area contributed by atoms with Crippen LogP contribution in [0.1, 0.15) is 31.2 Å². The van der Waals surface area contributed by atoms with Crippen molar-refractivity contribution in [3.63, 3.8) is 0 Å². The highest BCUT2D eigenvalue weighted by Crippen LogP contribution is 2.06.